The van der Waals surface area contributed by atoms with Crippen LogP contribution in [0.3, 0.4) is 0 Å². The first-order valence-corrected chi connectivity index (χ1v) is 9.69. The summed E-state index contributed by atoms with van der Waals surface area (Å²) in [5.41, 5.74) is 0.592. The van der Waals surface area contributed by atoms with Crippen molar-refractivity contribution in [1.82, 2.24) is 5.32 Å². The van der Waals surface area contributed by atoms with Crippen LogP contribution in [0, 0.1) is 5.82 Å². The van der Waals surface area contributed by atoms with Gasteiger partial charge in [0.25, 0.3) is 0 Å². The Labute approximate surface area is 151 Å². The fraction of sp³-hybridized carbons (Fsp3) is 0.450. The number of nitrogens with one attached hydrogen (secondary N) is 1. The first-order chi connectivity index (χ1) is 12.1. The van der Waals surface area contributed by atoms with E-state index in [9.17, 15) is 9.18 Å². The zero-order valence-electron chi connectivity index (χ0n) is 14.1. The van der Waals surface area contributed by atoms with Crippen LogP contribution in [-0.4, -0.2) is 25.7 Å². The van der Waals surface area contributed by atoms with Gasteiger partial charge in [-0.2, -0.15) is 0 Å². The second kappa shape index (κ2) is 6.54. The van der Waals surface area contributed by atoms with Crippen molar-refractivity contribution < 1.29 is 13.9 Å². The molecule has 0 spiro atoms. The molecule has 0 unspecified atom stereocenters. The van der Waals surface area contributed by atoms with Gasteiger partial charge in [-0.05, 0) is 54.8 Å². The Morgan fingerprint density at radius 1 is 1.12 bits per heavy atom. The molecule has 2 fully saturated rings. The third-order valence-corrected chi connectivity index (χ3v) is 6.75. The lowest BCUT2D eigenvalue weighted by atomic mass is 9.74. The monoisotopic (exact) mass is 359 g/mol. The molecule has 1 aliphatic carbocycles. The summed E-state index contributed by atoms with van der Waals surface area (Å²) in [6, 6.07) is 10.8. The largest absolute Gasteiger partial charge is 0.381 e. The van der Waals surface area contributed by atoms with E-state index in [2.05, 4.69) is 11.4 Å². The third kappa shape index (κ3) is 3.11. The van der Waals surface area contributed by atoms with Crippen LogP contribution in [0.1, 0.15) is 36.1 Å². The van der Waals surface area contributed by atoms with Gasteiger partial charge in [0, 0.05) is 30.1 Å². The fourth-order valence-corrected chi connectivity index (χ4v) is 4.80. The number of amides is 1. The second-order valence-corrected chi connectivity index (χ2v) is 8.09. The Balaban J connectivity index is 1.52. The maximum absolute atomic E-state index is 13.3. The van der Waals surface area contributed by atoms with E-state index in [0.717, 1.165) is 36.1 Å². The molecule has 4 rings (SSSR count). The summed E-state index contributed by atoms with van der Waals surface area (Å²) < 4.78 is 18.9. The average molecular weight is 359 g/mol. The SMILES string of the molecule is O=C(NCC1(c2ccc(F)cc2)CCOCC1)C1(c2cccs2)CC1. The number of benzene rings is 1. The molecule has 132 valence electrons. The van der Waals surface area contributed by atoms with Crippen LogP contribution in [0.4, 0.5) is 4.39 Å². The van der Waals surface area contributed by atoms with E-state index in [1.54, 1.807) is 11.3 Å². The lowest BCUT2D eigenvalue weighted by Crippen LogP contribution is -2.47. The molecule has 25 heavy (non-hydrogen) atoms. The lowest BCUT2D eigenvalue weighted by molar-refractivity contribution is -0.124. The molecule has 0 bridgehead atoms. The molecule has 2 aliphatic rings. The Morgan fingerprint density at radius 2 is 1.84 bits per heavy atom. The van der Waals surface area contributed by atoms with Gasteiger partial charge >= 0.3 is 0 Å². The fourth-order valence-electron chi connectivity index (χ4n) is 3.81. The summed E-state index contributed by atoms with van der Waals surface area (Å²) in [5.74, 6) is -0.104. The number of halogens is 1. The number of thiophene rings is 1. The van der Waals surface area contributed by atoms with Crippen molar-refractivity contribution in [2.75, 3.05) is 19.8 Å². The molecule has 1 saturated heterocycles. The van der Waals surface area contributed by atoms with Crippen LogP contribution < -0.4 is 5.32 Å². The van der Waals surface area contributed by atoms with Crippen molar-refractivity contribution in [1.29, 1.82) is 0 Å². The van der Waals surface area contributed by atoms with Gasteiger partial charge in [-0.1, -0.05) is 18.2 Å². The standard InChI is InChI=1S/C20H22FNO2S/c21-16-5-3-15(4-6-16)19(9-11-24-12-10-19)14-22-18(23)20(7-8-20)17-2-1-13-25-17/h1-6,13H,7-12,14H2,(H,22,23). The van der Waals surface area contributed by atoms with Gasteiger partial charge in [-0.15, -0.1) is 11.3 Å². The molecule has 0 radical (unpaired) electrons. The van der Waals surface area contributed by atoms with Crippen molar-refractivity contribution in [3.8, 4) is 0 Å². The zero-order valence-corrected chi connectivity index (χ0v) is 14.9. The molecular weight excluding hydrogens is 337 g/mol. The van der Waals surface area contributed by atoms with Crippen LogP contribution in [0.25, 0.3) is 0 Å². The molecule has 1 N–H and O–H groups in total. The minimum atomic E-state index is -0.316. The Hall–Kier alpha value is -1.72. The van der Waals surface area contributed by atoms with Crippen LogP contribution in [0.15, 0.2) is 41.8 Å². The van der Waals surface area contributed by atoms with Crippen LogP contribution in [0.5, 0.6) is 0 Å². The van der Waals surface area contributed by atoms with E-state index in [0.29, 0.717) is 19.8 Å². The normalized spacial score (nSPS) is 20.8. The van der Waals surface area contributed by atoms with Crippen LogP contribution in [-0.2, 0) is 20.4 Å². The van der Waals surface area contributed by atoms with Gasteiger partial charge in [0.05, 0.1) is 5.41 Å². The predicted molar refractivity (Wildman–Crippen MR) is 96.4 cm³/mol. The van der Waals surface area contributed by atoms with Gasteiger partial charge < -0.3 is 10.1 Å². The highest BCUT2D eigenvalue weighted by Crippen LogP contribution is 2.50. The molecule has 2 aromatic rings. The Bertz CT molecular complexity index is 732. The van der Waals surface area contributed by atoms with E-state index in [-0.39, 0.29) is 22.6 Å². The molecule has 1 aliphatic heterocycles. The van der Waals surface area contributed by atoms with E-state index >= 15 is 0 Å². The first-order valence-electron chi connectivity index (χ1n) is 8.81. The maximum Gasteiger partial charge on any atom is 0.231 e. The quantitative estimate of drug-likeness (QED) is 0.882. The number of carbonyl (C=O) groups excluding carboxylic acids is 1. The van der Waals surface area contributed by atoms with E-state index in [1.165, 1.54) is 12.1 Å². The summed E-state index contributed by atoms with van der Waals surface area (Å²) in [4.78, 5) is 14.1. The summed E-state index contributed by atoms with van der Waals surface area (Å²) in [5, 5.41) is 5.24. The van der Waals surface area contributed by atoms with Crippen molar-refractivity contribution in [3.63, 3.8) is 0 Å². The number of ether oxygens (including phenoxy) is 1. The highest BCUT2D eigenvalue weighted by molar-refractivity contribution is 7.10. The van der Waals surface area contributed by atoms with Crippen molar-refractivity contribution in [2.24, 2.45) is 0 Å². The van der Waals surface area contributed by atoms with Gasteiger partial charge in [-0.3, -0.25) is 4.79 Å². The molecule has 1 amide bonds. The molecule has 1 aromatic heterocycles. The van der Waals surface area contributed by atoms with E-state index in [1.807, 2.05) is 23.6 Å². The maximum atomic E-state index is 13.3. The van der Waals surface area contributed by atoms with Gasteiger partial charge in [0.1, 0.15) is 5.82 Å². The Morgan fingerprint density at radius 3 is 2.44 bits per heavy atom. The summed E-state index contributed by atoms with van der Waals surface area (Å²) in [6.07, 6.45) is 3.52. The number of hydrogen-bond acceptors (Lipinski definition) is 3. The van der Waals surface area contributed by atoms with Gasteiger partial charge in [0.2, 0.25) is 5.91 Å². The minimum absolute atomic E-state index is 0.128. The lowest BCUT2D eigenvalue weighted by Gasteiger charge is -2.38. The van der Waals surface area contributed by atoms with Crippen LogP contribution >= 0.6 is 11.3 Å². The number of rotatable bonds is 5. The van der Waals surface area contributed by atoms with Crippen LogP contribution in [0.2, 0.25) is 0 Å². The van der Waals surface area contributed by atoms with Gasteiger partial charge in [-0.25, -0.2) is 4.39 Å². The van der Waals surface area contributed by atoms with Gasteiger partial charge in [0.15, 0.2) is 0 Å². The highest BCUT2D eigenvalue weighted by atomic mass is 32.1. The summed E-state index contributed by atoms with van der Waals surface area (Å²) >= 11 is 1.66. The molecule has 1 aromatic carbocycles. The zero-order chi connectivity index (χ0) is 17.3. The molecular formula is C20H22FNO2S. The molecule has 0 atom stereocenters. The minimum Gasteiger partial charge on any atom is -0.381 e. The predicted octanol–water partition coefficient (Wildman–Crippen LogP) is 3.78. The topological polar surface area (TPSA) is 38.3 Å². The highest BCUT2D eigenvalue weighted by Gasteiger charge is 2.52. The summed E-state index contributed by atoms with van der Waals surface area (Å²) in [6.45, 7) is 1.92. The molecule has 1 saturated carbocycles. The second-order valence-electron chi connectivity index (χ2n) is 7.14. The smallest absolute Gasteiger partial charge is 0.231 e. The average Bonchev–Trinajstić information content (AvgIpc) is 3.27. The first kappa shape index (κ1) is 16.7. The molecule has 2 heterocycles. The Kier molecular flexibility index (Phi) is 4.38. The number of hydrogen-bond donors (Lipinski definition) is 1. The molecule has 5 heteroatoms. The summed E-state index contributed by atoms with van der Waals surface area (Å²) in [7, 11) is 0. The third-order valence-electron chi connectivity index (χ3n) is 5.67. The van der Waals surface area contributed by atoms with Crippen molar-refractivity contribution in [2.45, 2.75) is 36.5 Å². The van der Waals surface area contributed by atoms with E-state index in [4.69, 9.17) is 4.74 Å². The van der Waals surface area contributed by atoms with Crippen molar-refractivity contribution in [3.05, 3.63) is 58.0 Å². The molecule has 3 nitrogen and oxygen atoms in total. The number of carbonyl (C=O) groups is 1. The van der Waals surface area contributed by atoms with E-state index < -0.39 is 0 Å². The van der Waals surface area contributed by atoms with Crippen molar-refractivity contribution >= 4 is 17.2 Å².